The first kappa shape index (κ1) is 21.4. The smallest absolute Gasteiger partial charge is 0.253 e. The van der Waals surface area contributed by atoms with Crippen molar-refractivity contribution in [3.05, 3.63) is 77.7 Å². The molecule has 0 bridgehead atoms. The number of nitrogens with one attached hydrogen (secondary N) is 2. The Labute approximate surface area is 186 Å². The average Bonchev–Trinajstić information content (AvgIpc) is 3.21. The van der Waals surface area contributed by atoms with Gasteiger partial charge in [-0.3, -0.25) is 14.4 Å². The number of fused-ring (bicyclic) bond motifs is 3. The van der Waals surface area contributed by atoms with Crippen LogP contribution in [-0.2, 0) is 20.9 Å². The summed E-state index contributed by atoms with van der Waals surface area (Å²) < 4.78 is 5.44. The van der Waals surface area contributed by atoms with E-state index in [1.54, 1.807) is 24.1 Å². The zero-order valence-electron chi connectivity index (χ0n) is 18.2. The van der Waals surface area contributed by atoms with Crippen LogP contribution < -0.4 is 15.5 Å². The van der Waals surface area contributed by atoms with Gasteiger partial charge >= 0.3 is 0 Å². The summed E-state index contributed by atoms with van der Waals surface area (Å²) in [7, 11) is 1.69. The quantitative estimate of drug-likeness (QED) is 0.606. The van der Waals surface area contributed by atoms with E-state index >= 15 is 0 Å². The Morgan fingerprint density at radius 2 is 1.69 bits per heavy atom. The largest absolute Gasteiger partial charge is 0.465 e. The van der Waals surface area contributed by atoms with Gasteiger partial charge in [-0.2, -0.15) is 0 Å². The second-order valence-corrected chi connectivity index (χ2v) is 7.90. The molecule has 2 atom stereocenters. The summed E-state index contributed by atoms with van der Waals surface area (Å²) in [5, 5.41) is 5.51. The molecule has 7 heteroatoms. The third kappa shape index (κ3) is 4.01. The van der Waals surface area contributed by atoms with Crippen LogP contribution in [0.25, 0.3) is 11.1 Å². The molecule has 7 nitrogen and oxygen atoms in total. The molecular formula is C25H25N3O4. The lowest BCUT2D eigenvalue weighted by atomic mass is 9.95. The first-order valence-electron chi connectivity index (χ1n) is 10.5. The lowest BCUT2D eigenvalue weighted by Gasteiger charge is -2.24. The molecular weight excluding hydrogens is 406 g/mol. The van der Waals surface area contributed by atoms with Gasteiger partial charge in [-0.15, -0.1) is 0 Å². The van der Waals surface area contributed by atoms with Crippen LogP contribution in [0.2, 0.25) is 0 Å². The highest BCUT2D eigenvalue weighted by Gasteiger charge is 2.34. The summed E-state index contributed by atoms with van der Waals surface area (Å²) in [5.74, 6) is -0.865. The number of nitrogens with zero attached hydrogens (tertiary/aromatic N) is 1. The van der Waals surface area contributed by atoms with E-state index in [1.165, 1.54) is 6.92 Å². The number of para-hydroxylation sites is 1. The molecule has 3 aromatic rings. The Morgan fingerprint density at radius 3 is 2.41 bits per heavy atom. The van der Waals surface area contributed by atoms with Crippen molar-refractivity contribution in [2.45, 2.75) is 26.4 Å². The van der Waals surface area contributed by atoms with Gasteiger partial charge in [-0.25, -0.2) is 0 Å². The number of amides is 3. The molecule has 1 aromatic heterocycles. The van der Waals surface area contributed by atoms with Crippen LogP contribution >= 0.6 is 0 Å². The summed E-state index contributed by atoms with van der Waals surface area (Å²) in [6, 6.07) is 17.8. The summed E-state index contributed by atoms with van der Waals surface area (Å²) in [5.41, 5.74) is 3.24. The zero-order valence-corrected chi connectivity index (χ0v) is 18.2. The number of aryl methyl sites for hydroxylation is 1. The summed E-state index contributed by atoms with van der Waals surface area (Å²) in [6.45, 7) is 3.52. The Kier molecular flexibility index (Phi) is 5.81. The first-order valence-corrected chi connectivity index (χ1v) is 10.5. The lowest BCUT2D eigenvalue weighted by Crippen LogP contribution is -2.45. The predicted molar refractivity (Wildman–Crippen MR) is 121 cm³/mol. The zero-order chi connectivity index (χ0) is 22.8. The maximum Gasteiger partial charge on any atom is 0.253 e. The van der Waals surface area contributed by atoms with E-state index in [0.29, 0.717) is 11.3 Å². The van der Waals surface area contributed by atoms with Gasteiger partial charge in [0.2, 0.25) is 11.8 Å². The first-order chi connectivity index (χ1) is 15.4. The Bertz CT molecular complexity index is 1180. The van der Waals surface area contributed by atoms with Gasteiger partial charge in [-0.05, 0) is 43.2 Å². The summed E-state index contributed by atoms with van der Waals surface area (Å²) in [6.07, 6.45) is 0. The van der Waals surface area contributed by atoms with Crippen LogP contribution in [0.15, 0.2) is 65.1 Å². The van der Waals surface area contributed by atoms with E-state index in [4.69, 9.17) is 4.42 Å². The normalized spacial score (nSPS) is 15.9. The highest BCUT2D eigenvalue weighted by molar-refractivity contribution is 6.07. The van der Waals surface area contributed by atoms with Gasteiger partial charge in [-0.1, -0.05) is 42.5 Å². The van der Waals surface area contributed by atoms with Crippen LogP contribution in [0.5, 0.6) is 0 Å². The molecule has 1 aliphatic heterocycles. The maximum absolute atomic E-state index is 13.3. The van der Waals surface area contributed by atoms with E-state index in [2.05, 4.69) is 10.6 Å². The minimum atomic E-state index is -0.984. The summed E-state index contributed by atoms with van der Waals surface area (Å²) >= 11 is 0. The number of rotatable bonds is 5. The fraction of sp³-hybridized carbons (Fsp3) is 0.240. The summed E-state index contributed by atoms with van der Waals surface area (Å²) in [4.78, 5) is 40.3. The second-order valence-electron chi connectivity index (χ2n) is 7.90. The van der Waals surface area contributed by atoms with Crippen molar-refractivity contribution in [3.8, 4) is 11.1 Å². The SMILES string of the molecule is Cc1ccc(CNC(=O)C(C)C(=O)NC2C(=O)N(C)c3ccccc3-c3ccccc32)o1. The second kappa shape index (κ2) is 8.70. The van der Waals surface area contributed by atoms with E-state index < -0.39 is 23.8 Å². The molecule has 164 valence electrons. The highest BCUT2D eigenvalue weighted by atomic mass is 16.3. The maximum atomic E-state index is 13.3. The molecule has 0 spiro atoms. The number of likely N-dealkylation sites (N-methyl/N-ethyl adjacent to an activating group) is 1. The molecule has 32 heavy (non-hydrogen) atoms. The van der Waals surface area contributed by atoms with Crippen molar-refractivity contribution in [1.29, 1.82) is 0 Å². The number of carbonyl (C=O) groups excluding carboxylic acids is 3. The fourth-order valence-electron chi connectivity index (χ4n) is 3.87. The molecule has 0 saturated carbocycles. The Morgan fingerprint density at radius 1 is 1.00 bits per heavy atom. The molecule has 0 radical (unpaired) electrons. The van der Waals surface area contributed by atoms with Crippen LogP contribution in [0.4, 0.5) is 5.69 Å². The minimum absolute atomic E-state index is 0.188. The van der Waals surface area contributed by atoms with Crippen molar-refractivity contribution in [2.75, 3.05) is 11.9 Å². The average molecular weight is 431 g/mol. The number of hydrogen-bond acceptors (Lipinski definition) is 4. The predicted octanol–water partition coefficient (Wildman–Crippen LogP) is 3.34. The monoisotopic (exact) mass is 431 g/mol. The lowest BCUT2D eigenvalue weighted by molar-refractivity contribution is -0.136. The molecule has 2 N–H and O–H groups in total. The molecule has 2 aromatic carbocycles. The van der Waals surface area contributed by atoms with Crippen molar-refractivity contribution in [2.24, 2.45) is 5.92 Å². The molecule has 0 fully saturated rings. The van der Waals surface area contributed by atoms with E-state index in [-0.39, 0.29) is 12.5 Å². The van der Waals surface area contributed by atoms with E-state index in [9.17, 15) is 14.4 Å². The van der Waals surface area contributed by atoms with Gasteiger partial charge in [0.05, 0.1) is 12.2 Å². The number of benzene rings is 2. The Balaban J connectivity index is 1.54. The van der Waals surface area contributed by atoms with Crippen molar-refractivity contribution < 1.29 is 18.8 Å². The van der Waals surface area contributed by atoms with E-state index in [0.717, 1.165) is 22.6 Å². The van der Waals surface area contributed by atoms with E-state index in [1.807, 2.05) is 55.5 Å². The molecule has 0 saturated heterocycles. The third-order valence-corrected chi connectivity index (χ3v) is 5.71. The van der Waals surface area contributed by atoms with Crippen molar-refractivity contribution in [3.63, 3.8) is 0 Å². The third-order valence-electron chi connectivity index (χ3n) is 5.71. The van der Waals surface area contributed by atoms with Crippen LogP contribution in [0, 0.1) is 12.8 Å². The molecule has 2 heterocycles. The minimum Gasteiger partial charge on any atom is -0.465 e. The molecule has 3 amide bonds. The van der Waals surface area contributed by atoms with Gasteiger partial charge in [0, 0.05) is 12.6 Å². The van der Waals surface area contributed by atoms with Crippen molar-refractivity contribution in [1.82, 2.24) is 10.6 Å². The van der Waals surface area contributed by atoms with Crippen LogP contribution in [-0.4, -0.2) is 24.8 Å². The highest BCUT2D eigenvalue weighted by Crippen LogP contribution is 2.39. The number of anilines is 1. The van der Waals surface area contributed by atoms with Crippen molar-refractivity contribution >= 4 is 23.4 Å². The van der Waals surface area contributed by atoms with Gasteiger partial charge in [0.25, 0.3) is 5.91 Å². The van der Waals surface area contributed by atoms with Crippen LogP contribution in [0.1, 0.15) is 30.0 Å². The molecule has 1 aliphatic rings. The van der Waals surface area contributed by atoms with Gasteiger partial charge in [0.1, 0.15) is 23.5 Å². The number of hydrogen-bond donors (Lipinski definition) is 2. The fourth-order valence-corrected chi connectivity index (χ4v) is 3.87. The van der Waals surface area contributed by atoms with Crippen LogP contribution in [0.3, 0.4) is 0 Å². The molecule has 0 aliphatic carbocycles. The molecule has 2 unspecified atom stereocenters. The topological polar surface area (TPSA) is 91.7 Å². The number of carbonyl (C=O) groups is 3. The number of furan rings is 1. The van der Waals surface area contributed by atoms with Gasteiger partial charge < -0.3 is 20.0 Å². The van der Waals surface area contributed by atoms with Gasteiger partial charge in [0.15, 0.2) is 0 Å². The standard InChI is InChI=1S/C25H25N3O4/c1-15-12-13-17(32-15)14-26-23(29)16(2)24(30)27-22-20-10-5-4-8-18(20)19-9-6-7-11-21(19)28(3)25(22)31/h4-13,16,22H,14H2,1-3H3,(H,26,29)(H,27,30). The molecule has 4 rings (SSSR count). The Hall–Kier alpha value is -3.87.